The molecule has 0 atom stereocenters. The number of rotatable bonds is 8. The Hall–Kier alpha value is -3.23. The highest BCUT2D eigenvalue weighted by atomic mass is 35.5. The predicted octanol–water partition coefficient (Wildman–Crippen LogP) is 5.48. The molecular formula is C23H20ClFN2O4S. The normalized spacial score (nSPS) is 10.4. The summed E-state index contributed by atoms with van der Waals surface area (Å²) in [6.07, 6.45) is 0. The van der Waals surface area contributed by atoms with E-state index in [0.717, 1.165) is 4.90 Å². The lowest BCUT2D eigenvalue weighted by Crippen LogP contribution is -2.15. The second-order valence-corrected chi connectivity index (χ2v) is 7.94. The van der Waals surface area contributed by atoms with Gasteiger partial charge in [-0.2, -0.15) is 0 Å². The summed E-state index contributed by atoms with van der Waals surface area (Å²) < 4.78 is 24.2. The number of nitrogens with one attached hydrogen (secondary N) is 2. The Bertz CT molecular complexity index is 1140. The Morgan fingerprint density at radius 1 is 0.969 bits per heavy atom. The third-order valence-corrected chi connectivity index (χ3v) is 5.62. The molecule has 0 fully saturated rings. The maximum Gasteiger partial charge on any atom is 0.258 e. The molecule has 9 heteroatoms. The zero-order chi connectivity index (χ0) is 23.1. The number of carbonyl (C=O) groups is 2. The van der Waals surface area contributed by atoms with Gasteiger partial charge in [-0.3, -0.25) is 9.59 Å². The van der Waals surface area contributed by atoms with Gasteiger partial charge in [-0.15, -0.1) is 11.8 Å². The van der Waals surface area contributed by atoms with E-state index in [2.05, 4.69) is 10.6 Å². The van der Waals surface area contributed by atoms with Gasteiger partial charge in [0.1, 0.15) is 17.3 Å². The van der Waals surface area contributed by atoms with Gasteiger partial charge in [-0.25, -0.2) is 4.39 Å². The number of methoxy groups -OCH3 is 2. The van der Waals surface area contributed by atoms with Crippen LogP contribution < -0.4 is 20.1 Å². The van der Waals surface area contributed by atoms with E-state index in [0.29, 0.717) is 27.9 Å². The zero-order valence-electron chi connectivity index (χ0n) is 17.3. The van der Waals surface area contributed by atoms with Crippen LogP contribution in [0.25, 0.3) is 0 Å². The molecule has 6 nitrogen and oxygen atoms in total. The van der Waals surface area contributed by atoms with E-state index in [-0.39, 0.29) is 17.2 Å². The van der Waals surface area contributed by atoms with Gasteiger partial charge < -0.3 is 20.1 Å². The van der Waals surface area contributed by atoms with Crippen LogP contribution in [0.5, 0.6) is 11.5 Å². The van der Waals surface area contributed by atoms with Crippen LogP contribution in [0.1, 0.15) is 10.4 Å². The number of ether oxygens (including phenoxy) is 2. The van der Waals surface area contributed by atoms with Crippen molar-refractivity contribution in [2.45, 2.75) is 4.90 Å². The highest BCUT2D eigenvalue weighted by molar-refractivity contribution is 8.00. The lowest BCUT2D eigenvalue weighted by Gasteiger charge is -2.13. The third kappa shape index (κ3) is 5.93. The number of benzene rings is 3. The molecule has 2 amide bonds. The van der Waals surface area contributed by atoms with E-state index in [9.17, 15) is 14.0 Å². The first kappa shape index (κ1) is 23.4. The monoisotopic (exact) mass is 474 g/mol. The van der Waals surface area contributed by atoms with Gasteiger partial charge in [0.25, 0.3) is 5.91 Å². The van der Waals surface area contributed by atoms with Crippen molar-refractivity contribution in [3.63, 3.8) is 0 Å². The van der Waals surface area contributed by atoms with Gasteiger partial charge >= 0.3 is 0 Å². The molecule has 0 saturated carbocycles. The van der Waals surface area contributed by atoms with E-state index < -0.39 is 11.7 Å². The van der Waals surface area contributed by atoms with Crippen LogP contribution in [0.15, 0.2) is 65.6 Å². The summed E-state index contributed by atoms with van der Waals surface area (Å²) in [5.41, 5.74) is 0.874. The van der Waals surface area contributed by atoms with Crippen LogP contribution in [-0.4, -0.2) is 31.8 Å². The molecule has 0 heterocycles. The van der Waals surface area contributed by atoms with Gasteiger partial charge in [0.15, 0.2) is 0 Å². The molecule has 0 spiro atoms. The van der Waals surface area contributed by atoms with Crippen molar-refractivity contribution in [3.05, 3.63) is 77.1 Å². The fraction of sp³-hybridized carbons (Fsp3) is 0.130. The molecule has 2 N–H and O–H groups in total. The van der Waals surface area contributed by atoms with Crippen molar-refractivity contribution >= 4 is 46.6 Å². The number of hydrogen-bond donors (Lipinski definition) is 2. The second-order valence-electron chi connectivity index (χ2n) is 6.49. The largest absolute Gasteiger partial charge is 0.495 e. The van der Waals surface area contributed by atoms with Crippen LogP contribution >= 0.6 is 23.4 Å². The molecule has 0 saturated heterocycles. The number of thioether (sulfide) groups is 1. The van der Waals surface area contributed by atoms with Gasteiger partial charge in [0.2, 0.25) is 5.91 Å². The van der Waals surface area contributed by atoms with Crippen molar-refractivity contribution in [1.82, 2.24) is 0 Å². The van der Waals surface area contributed by atoms with Crippen molar-refractivity contribution < 1.29 is 23.5 Å². The summed E-state index contributed by atoms with van der Waals surface area (Å²) in [5.74, 6) is -0.451. The molecule has 0 radical (unpaired) electrons. The number of carbonyl (C=O) groups excluding carboxylic acids is 2. The van der Waals surface area contributed by atoms with E-state index in [1.54, 1.807) is 36.4 Å². The maximum atomic E-state index is 13.8. The SMILES string of the molecule is COc1cc(OC)c(NC(=O)CSc2cccc(NC(=O)c3ccccc3F)c2)cc1Cl. The molecule has 3 aromatic rings. The van der Waals surface area contributed by atoms with Crippen molar-refractivity contribution in [2.24, 2.45) is 0 Å². The molecule has 0 bridgehead atoms. The Morgan fingerprint density at radius 2 is 1.72 bits per heavy atom. The highest BCUT2D eigenvalue weighted by Crippen LogP contribution is 2.36. The molecule has 0 aliphatic heterocycles. The first-order valence-corrected chi connectivity index (χ1v) is 10.8. The smallest absolute Gasteiger partial charge is 0.258 e. The Balaban J connectivity index is 1.62. The Kier molecular flexibility index (Phi) is 7.97. The van der Waals surface area contributed by atoms with Crippen LogP contribution in [-0.2, 0) is 4.79 Å². The number of hydrogen-bond acceptors (Lipinski definition) is 5. The predicted molar refractivity (Wildman–Crippen MR) is 125 cm³/mol. The fourth-order valence-corrected chi connectivity index (χ4v) is 3.80. The lowest BCUT2D eigenvalue weighted by molar-refractivity contribution is -0.113. The molecule has 0 aromatic heterocycles. The third-order valence-electron chi connectivity index (χ3n) is 4.33. The molecule has 0 aliphatic carbocycles. The summed E-state index contributed by atoms with van der Waals surface area (Å²) in [6, 6.07) is 15.8. The van der Waals surface area contributed by atoms with Gasteiger partial charge in [0.05, 0.1) is 36.2 Å². The molecule has 3 rings (SSSR count). The number of anilines is 2. The Morgan fingerprint density at radius 3 is 2.44 bits per heavy atom. The minimum absolute atomic E-state index is 0.0444. The summed E-state index contributed by atoms with van der Waals surface area (Å²) in [6.45, 7) is 0. The van der Waals surface area contributed by atoms with Gasteiger partial charge in [0, 0.05) is 16.6 Å². The summed E-state index contributed by atoms with van der Waals surface area (Å²) in [4.78, 5) is 25.5. The van der Waals surface area contributed by atoms with Crippen LogP contribution in [0.4, 0.5) is 15.8 Å². The van der Waals surface area contributed by atoms with E-state index in [1.807, 2.05) is 6.07 Å². The van der Waals surface area contributed by atoms with Crippen molar-refractivity contribution in [2.75, 3.05) is 30.6 Å². The second kappa shape index (κ2) is 10.9. The minimum Gasteiger partial charge on any atom is -0.495 e. The molecule has 0 unspecified atom stereocenters. The van der Waals surface area contributed by atoms with Crippen molar-refractivity contribution in [3.8, 4) is 11.5 Å². The molecule has 0 aliphatic rings. The van der Waals surface area contributed by atoms with Gasteiger partial charge in [-0.05, 0) is 36.4 Å². The average Bonchev–Trinajstić information content (AvgIpc) is 2.78. The minimum atomic E-state index is -0.596. The molecule has 32 heavy (non-hydrogen) atoms. The standard InChI is InChI=1S/C23H20ClFN2O4S/c1-30-20-12-21(31-2)19(11-17(20)24)27-22(28)13-32-15-7-5-6-14(10-15)26-23(29)16-8-3-4-9-18(16)25/h3-12H,13H2,1-2H3,(H,26,29)(H,27,28). The summed E-state index contributed by atoms with van der Waals surface area (Å²) in [7, 11) is 2.97. The molecule has 166 valence electrons. The van der Waals surface area contributed by atoms with Crippen LogP contribution in [0.3, 0.4) is 0 Å². The van der Waals surface area contributed by atoms with E-state index in [4.69, 9.17) is 21.1 Å². The summed E-state index contributed by atoms with van der Waals surface area (Å²) in [5, 5.41) is 5.77. The number of halogens is 2. The quantitative estimate of drug-likeness (QED) is 0.423. The van der Waals surface area contributed by atoms with Crippen molar-refractivity contribution in [1.29, 1.82) is 0 Å². The van der Waals surface area contributed by atoms with E-state index >= 15 is 0 Å². The maximum absolute atomic E-state index is 13.8. The zero-order valence-corrected chi connectivity index (χ0v) is 18.9. The number of amides is 2. The Labute approximate surface area is 194 Å². The topological polar surface area (TPSA) is 76.7 Å². The average molecular weight is 475 g/mol. The first-order valence-electron chi connectivity index (χ1n) is 9.41. The summed E-state index contributed by atoms with van der Waals surface area (Å²) >= 11 is 7.41. The molecule has 3 aromatic carbocycles. The van der Waals surface area contributed by atoms with Gasteiger partial charge in [-0.1, -0.05) is 29.8 Å². The highest BCUT2D eigenvalue weighted by Gasteiger charge is 2.14. The first-order chi connectivity index (χ1) is 15.4. The van der Waals surface area contributed by atoms with Crippen LogP contribution in [0, 0.1) is 5.82 Å². The van der Waals surface area contributed by atoms with E-state index in [1.165, 1.54) is 44.2 Å². The fourth-order valence-electron chi connectivity index (χ4n) is 2.80. The van der Waals surface area contributed by atoms with Crippen LogP contribution in [0.2, 0.25) is 5.02 Å². The lowest BCUT2D eigenvalue weighted by atomic mass is 10.2. The molecular weight excluding hydrogens is 455 g/mol.